The van der Waals surface area contributed by atoms with Gasteiger partial charge in [0, 0.05) is 11.8 Å². The fraction of sp³-hybridized carbons (Fsp3) is 0.125. The van der Waals surface area contributed by atoms with Gasteiger partial charge in [0.1, 0.15) is 5.75 Å². The maximum atomic E-state index is 9.12. The number of aromatic hydroxyl groups is 1. The van der Waals surface area contributed by atoms with Crippen molar-refractivity contribution in [2.45, 2.75) is 6.92 Å². The molecular formula is C8H9NO. The molecule has 52 valence electrons. The van der Waals surface area contributed by atoms with Crippen LogP contribution in [0.25, 0.3) is 6.08 Å². The van der Waals surface area contributed by atoms with E-state index in [1.165, 1.54) is 6.20 Å². The Labute approximate surface area is 59.9 Å². The highest BCUT2D eigenvalue weighted by Gasteiger charge is 1.97. The van der Waals surface area contributed by atoms with Gasteiger partial charge in [0.2, 0.25) is 0 Å². The van der Waals surface area contributed by atoms with Crippen molar-refractivity contribution < 1.29 is 5.11 Å². The summed E-state index contributed by atoms with van der Waals surface area (Å²) < 4.78 is 0. The minimum absolute atomic E-state index is 0.220. The molecule has 0 atom stereocenters. The predicted octanol–water partition coefficient (Wildman–Crippen LogP) is 1.74. The normalized spacial score (nSPS) is 9.30. The molecule has 0 aliphatic rings. The van der Waals surface area contributed by atoms with E-state index in [1.54, 1.807) is 12.3 Å². The van der Waals surface area contributed by atoms with Crippen molar-refractivity contribution in [3.63, 3.8) is 0 Å². The molecule has 0 bridgehead atoms. The van der Waals surface area contributed by atoms with Crippen LogP contribution in [0.15, 0.2) is 19.0 Å². The first kappa shape index (κ1) is 6.81. The smallest absolute Gasteiger partial charge is 0.137 e. The molecule has 0 unspecified atom stereocenters. The van der Waals surface area contributed by atoms with E-state index in [9.17, 15) is 0 Å². The van der Waals surface area contributed by atoms with Crippen molar-refractivity contribution in [2.24, 2.45) is 0 Å². The van der Waals surface area contributed by atoms with Crippen LogP contribution in [0.5, 0.6) is 5.75 Å². The van der Waals surface area contributed by atoms with Gasteiger partial charge in [-0.1, -0.05) is 12.7 Å². The van der Waals surface area contributed by atoms with Crippen LogP contribution < -0.4 is 0 Å². The number of nitrogens with zero attached hydrogens (tertiary/aromatic N) is 1. The molecule has 1 aromatic rings. The number of hydrogen-bond acceptors (Lipinski definition) is 2. The summed E-state index contributed by atoms with van der Waals surface area (Å²) in [6.45, 7) is 5.41. The highest BCUT2D eigenvalue weighted by molar-refractivity contribution is 5.53. The van der Waals surface area contributed by atoms with E-state index in [-0.39, 0.29) is 5.75 Å². The predicted molar refractivity (Wildman–Crippen MR) is 40.7 cm³/mol. The van der Waals surface area contributed by atoms with Crippen LogP contribution in [0.2, 0.25) is 0 Å². The van der Waals surface area contributed by atoms with E-state index in [4.69, 9.17) is 5.11 Å². The van der Waals surface area contributed by atoms with Crippen molar-refractivity contribution in [1.82, 2.24) is 4.98 Å². The molecule has 0 aromatic carbocycles. The first-order valence-corrected chi connectivity index (χ1v) is 3.01. The summed E-state index contributed by atoms with van der Waals surface area (Å²) in [7, 11) is 0. The van der Waals surface area contributed by atoms with Gasteiger partial charge < -0.3 is 5.11 Å². The second kappa shape index (κ2) is 2.52. The quantitative estimate of drug-likeness (QED) is 0.636. The van der Waals surface area contributed by atoms with Crippen molar-refractivity contribution in [2.75, 3.05) is 0 Å². The summed E-state index contributed by atoms with van der Waals surface area (Å²) in [4.78, 5) is 3.79. The topological polar surface area (TPSA) is 33.1 Å². The zero-order valence-electron chi connectivity index (χ0n) is 5.83. The zero-order valence-corrected chi connectivity index (χ0v) is 5.83. The number of rotatable bonds is 1. The highest BCUT2D eigenvalue weighted by atomic mass is 16.3. The minimum Gasteiger partial charge on any atom is -0.506 e. The molecule has 0 saturated carbocycles. The third kappa shape index (κ3) is 1.00. The van der Waals surface area contributed by atoms with Gasteiger partial charge >= 0.3 is 0 Å². The lowest BCUT2D eigenvalue weighted by Gasteiger charge is -1.99. The standard InChI is InChI=1S/C8H9NO/c1-3-7-4-9-5-8(10)6(7)2/h3-5,10H,1H2,2H3. The van der Waals surface area contributed by atoms with Gasteiger partial charge in [-0.05, 0) is 12.5 Å². The molecule has 1 aromatic heterocycles. The Kier molecular flexibility index (Phi) is 1.71. The lowest BCUT2D eigenvalue weighted by Crippen LogP contribution is -1.82. The Bertz CT molecular complexity index is 255. The van der Waals surface area contributed by atoms with Gasteiger partial charge in [-0.2, -0.15) is 0 Å². The molecule has 0 saturated heterocycles. The number of pyridine rings is 1. The fourth-order valence-corrected chi connectivity index (χ4v) is 0.735. The monoisotopic (exact) mass is 135 g/mol. The lowest BCUT2D eigenvalue weighted by molar-refractivity contribution is 0.468. The summed E-state index contributed by atoms with van der Waals surface area (Å²) in [6.07, 6.45) is 4.76. The summed E-state index contributed by atoms with van der Waals surface area (Å²) in [5, 5.41) is 9.12. The molecule has 0 spiro atoms. The Morgan fingerprint density at radius 2 is 2.30 bits per heavy atom. The second-order valence-electron chi connectivity index (χ2n) is 2.08. The zero-order chi connectivity index (χ0) is 7.56. The maximum absolute atomic E-state index is 9.12. The average Bonchev–Trinajstić information content (AvgIpc) is 1.95. The molecule has 0 radical (unpaired) electrons. The molecule has 10 heavy (non-hydrogen) atoms. The van der Waals surface area contributed by atoms with E-state index < -0.39 is 0 Å². The highest BCUT2D eigenvalue weighted by Crippen LogP contribution is 2.17. The minimum atomic E-state index is 0.220. The Balaban J connectivity index is 3.27. The van der Waals surface area contributed by atoms with E-state index in [2.05, 4.69) is 11.6 Å². The van der Waals surface area contributed by atoms with Gasteiger partial charge in [-0.15, -0.1) is 0 Å². The first-order chi connectivity index (χ1) is 4.75. The molecule has 0 amide bonds. The van der Waals surface area contributed by atoms with E-state index in [1.807, 2.05) is 6.92 Å². The Hall–Kier alpha value is -1.31. The molecule has 2 nitrogen and oxygen atoms in total. The molecule has 0 aliphatic heterocycles. The third-order valence-corrected chi connectivity index (χ3v) is 1.45. The first-order valence-electron chi connectivity index (χ1n) is 3.01. The van der Waals surface area contributed by atoms with E-state index in [0.29, 0.717) is 0 Å². The molecule has 0 fully saturated rings. The molecule has 1 N–H and O–H groups in total. The number of aromatic nitrogens is 1. The fourth-order valence-electron chi connectivity index (χ4n) is 0.735. The van der Waals surface area contributed by atoms with Crippen LogP contribution in [0.1, 0.15) is 11.1 Å². The summed E-state index contributed by atoms with van der Waals surface area (Å²) >= 11 is 0. The van der Waals surface area contributed by atoms with Gasteiger partial charge in [0.15, 0.2) is 0 Å². The summed E-state index contributed by atoms with van der Waals surface area (Å²) in [6, 6.07) is 0. The van der Waals surface area contributed by atoms with Crippen molar-refractivity contribution in [3.8, 4) is 5.75 Å². The molecule has 1 rings (SSSR count). The molecular weight excluding hydrogens is 126 g/mol. The van der Waals surface area contributed by atoms with Crippen LogP contribution in [0.3, 0.4) is 0 Å². The Morgan fingerprint density at radius 1 is 1.60 bits per heavy atom. The third-order valence-electron chi connectivity index (χ3n) is 1.45. The average molecular weight is 135 g/mol. The number of hydrogen-bond donors (Lipinski definition) is 1. The van der Waals surface area contributed by atoms with Crippen LogP contribution in [0.4, 0.5) is 0 Å². The van der Waals surface area contributed by atoms with Crippen LogP contribution in [-0.2, 0) is 0 Å². The Morgan fingerprint density at radius 3 is 2.80 bits per heavy atom. The van der Waals surface area contributed by atoms with Crippen molar-refractivity contribution >= 4 is 6.08 Å². The molecule has 0 aliphatic carbocycles. The largest absolute Gasteiger partial charge is 0.506 e. The van der Waals surface area contributed by atoms with Gasteiger partial charge in [0.25, 0.3) is 0 Å². The van der Waals surface area contributed by atoms with Crippen molar-refractivity contribution in [3.05, 3.63) is 30.1 Å². The lowest BCUT2D eigenvalue weighted by atomic mass is 10.1. The maximum Gasteiger partial charge on any atom is 0.137 e. The summed E-state index contributed by atoms with van der Waals surface area (Å²) in [5.41, 5.74) is 1.70. The van der Waals surface area contributed by atoms with Crippen LogP contribution in [-0.4, -0.2) is 10.1 Å². The SMILES string of the molecule is C=Cc1cncc(O)c1C. The van der Waals surface area contributed by atoms with Crippen molar-refractivity contribution in [1.29, 1.82) is 0 Å². The van der Waals surface area contributed by atoms with E-state index in [0.717, 1.165) is 11.1 Å². The van der Waals surface area contributed by atoms with Gasteiger partial charge in [-0.25, -0.2) is 0 Å². The van der Waals surface area contributed by atoms with Gasteiger partial charge in [-0.3, -0.25) is 4.98 Å². The van der Waals surface area contributed by atoms with E-state index >= 15 is 0 Å². The molecule has 2 heteroatoms. The summed E-state index contributed by atoms with van der Waals surface area (Å²) in [5.74, 6) is 0.220. The van der Waals surface area contributed by atoms with Crippen LogP contribution >= 0.6 is 0 Å². The molecule has 1 heterocycles. The van der Waals surface area contributed by atoms with Crippen LogP contribution in [0, 0.1) is 6.92 Å². The van der Waals surface area contributed by atoms with Gasteiger partial charge in [0.05, 0.1) is 6.20 Å². The second-order valence-corrected chi connectivity index (χ2v) is 2.08.